The molecule has 0 saturated heterocycles. The van der Waals surface area contributed by atoms with Gasteiger partial charge in [-0.1, -0.05) is 0 Å². The van der Waals surface area contributed by atoms with E-state index in [0.29, 0.717) is 5.82 Å². The maximum absolute atomic E-state index is 10.7. The van der Waals surface area contributed by atoms with Gasteiger partial charge in [-0.15, -0.1) is 5.10 Å². The van der Waals surface area contributed by atoms with E-state index in [1.165, 1.54) is 11.8 Å². The first kappa shape index (κ1) is 14.1. The molecule has 0 fully saturated rings. The van der Waals surface area contributed by atoms with Crippen LogP contribution in [0.3, 0.4) is 0 Å². The number of aryl methyl sites for hydroxylation is 1. The first-order valence-corrected chi connectivity index (χ1v) is 6.04. The van der Waals surface area contributed by atoms with Crippen LogP contribution < -0.4 is 0 Å². The fourth-order valence-corrected chi connectivity index (χ4v) is 1.74. The van der Waals surface area contributed by atoms with Gasteiger partial charge < -0.3 is 9.84 Å². The Morgan fingerprint density at radius 3 is 2.90 bits per heavy atom. The molecule has 1 unspecified atom stereocenters. The van der Waals surface area contributed by atoms with Crippen LogP contribution in [0.15, 0.2) is 18.3 Å². The number of pyridine rings is 1. The molecule has 0 aliphatic carbocycles. The number of carboxylic acid groups (broad SMARTS) is 1. The minimum atomic E-state index is -0.927. The molecule has 8 nitrogen and oxygen atoms in total. The molecule has 0 bridgehead atoms. The van der Waals surface area contributed by atoms with E-state index in [1.807, 2.05) is 19.1 Å². The molecule has 0 spiro atoms. The molecule has 2 rings (SSSR count). The van der Waals surface area contributed by atoms with Crippen LogP contribution in [-0.2, 0) is 16.1 Å². The van der Waals surface area contributed by atoms with Gasteiger partial charge >= 0.3 is 5.97 Å². The number of carbonyl (C=O) groups is 1. The Kier molecular flexibility index (Phi) is 4.36. The molecule has 0 aliphatic rings. The largest absolute Gasteiger partial charge is 0.481 e. The van der Waals surface area contributed by atoms with E-state index in [1.54, 1.807) is 6.20 Å². The third-order valence-corrected chi connectivity index (χ3v) is 2.81. The van der Waals surface area contributed by atoms with Crippen molar-refractivity contribution in [2.24, 2.45) is 0 Å². The molecule has 0 aliphatic heterocycles. The lowest BCUT2D eigenvalue weighted by Crippen LogP contribution is -2.23. The fourth-order valence-electron chi connectivity index (χ4n) is 1.74. The van der Waals surface area contributed by atoms with E-state index in [2.05, 4.69) is 20.5 Å². The number of aliphatic carboxylic acids is 1. The number of ether oxygens (including phenoxy) is 1. The van der Waals surface area contributed by atoms with E-state index >= 15 is 0 Å². The number of methoxy groups -OCH3 is 1. The second-order valence-electron chi connectivity index (χ2n) is 4.33. The summed E-state index contributed by atoms with van der Waals surface area (Å²) < 4.78 is 6.65. The number of aromatic nitrogens is 5. The molecule has 1 N–H and O–H groups in total. The van der Waals surface area contributed by atoms with Crippen LogP contribution in [0, 0.1) is 6.92 Å². The summed E-state index contributed by atoms with van der Waals surface area (Å²) in [6.07, 6.45) is 1.08. The normalized spacial score (nSPS) is 12.3. The Morgan fingerprint density at radius 1 is 1.50 bits per heavy atom. The second kappa shape index (κ2) is 6.20. The van der Waals surface area contributed by atoms with Crippen molar-refractivity contribution in [1.82, 2.24) is 25.2 Å². The molecule has 2 aromatic rings. The third-order valence-electron chi connectivity index (χ3n) is 2.81. The Morgan fingerprint density at radius 2 is 2.30 bits per heavy atom. The van der Waals surface area contributed by atoms with Gasteiger partial charge in [0.15, 0.2) is 5.82 Å². The van der Waals surface area contributed by atoms with Crippen LogP contribution in [-0.4, -0.2) is 49.5 Å². The summed E-state index contributed by atoms with van der Waals surface area (Å²) in [6, 6.07) is 3.73. The topological polar surface area (TPSA) is 103 Å². The fraction of sp³-hybridized carbons (Fsp3) is 0.417. The summed E-state index contributed by atoms with van der Waals surface area (Å²) in [5, 5.41) is 20.2. The molecule has 106 valence electrons. The van der Waals surface area contributed by atoms with Crippen molar-refractivity contribution in [3.8, 4) is 11.4 Å². The Labute approximate surface area is 115 Å². The predicted molar refractivity (Wildman–Crippen MR) is 68.8 cm³/mol. The average Bonchev–Trinajstić information content (AvgIpc) is 2.86. The monoisotopic (exact) mass is 277 g/mol. The average molecular weight is 277 g/mol. The van der Waals surface area contributed by atoms with Crippen LogP contribution in [0.1, 0.15) is 12.1 Å². The van der Waals surface area contributed by atoms with Crippen LogP contribution in [0.5, 0.6) is 0 Å². The third kappa shape index (κ3) is 3.35. The van der Waals surface area contributed by atoms with Gasteiger partial charge in [0.25, 0.3) is 0 Å². The highest BCUT2D eigenvalue weighted by Gasteiger charge is 2.17. The minimum absolute atomic E-state index is 0.109. The molecule has 0 aromatic carbocycles. The first-order chi connectivity index (χ1) is 9.60. The number of carboxylic acids is 1. The molecule has 8 heteroatoms. The molecule has 2 aromatic heterocycles. The molecule has 20 heavy (non-hydrogen) atoms. The van der Waals surface area contributed by atoms with Gasteiger partial charge in [-0.05, 0) is 29.5 Å². The number of hydrogen-bond acceptors (Lipinski definition) is 6. The van der Waals surface area contributed by atoms with E-state index in [-0.39, 0.29) is 13.0 Å². The van der Waals surface area contributed by atoms with Crippen molar-refractivity contribution in [3.63, 3.8) is 0 Å². The number of hydrogen-bond donors (Lipinski definition) is 1. The van der Waals surface area contributed by atoms with E-state index < -0.39 is 12.1 Å². The Balaban J connectivity index is 2.19. The van der Waals surface area contributed by atoms with Crippen molar-refractivity contribution in [3.05, 3.63) is 24.0 Å². The van der Waals surface area contributed by atoms with Gasteiger partial charge in [-0.2, -0.15) is 0 Å². The number of nitrogens with zero attached hydrogens (tertiary/aromatic N) is 5. The smallest absolute Gasteiger partial charge is 0.306 e. The van der Waals surface area contributed by atoms with E-state index in [0.717, 1.165) is 11.3 Å². The van der Waals surface area contributed by atoms with E-state index in [9.17, 15) is 4.79 Å². The van der Waals surface area contributed by atoms with Gasteiger partial charge in [-0.3, -0.25) is 9.78 Å². The van der Waals surface area contributed by atoms with Crippen molar-refractivity contribution in [2.75, 3.05) is 7.11 Å². The lowest BCUT2D eigenvalue weighted by molar-refractivity contribution is -0.139. The highest BCUT2D eigenvalue weighted by Crippen LogP contribution is 2.15. The highest BCUT2D eigenvalue weighted by molar-refractivity contribution is 5.67. The summed E-state index contributed by atoms with van der Waals surface area (Å²) in [5.41, 5.74) is 1.67. The number of tetrazole rings is 1. The molecule has 0 amide bonds. The summed E-state index contributed by atoms with van der Waals surface area (Å²) in [6.45, 7) is 2.15. The molecule has 0 saturated carbocycles. The zero-order chi connectivity index (χ0) is 14.5. The van der Waals surface area contributed by atoms with Crippen molar-refractivity contribution >= 4 is 5.97 Å². The summed E-state index contributed by atoms with van der Waals surface area (Å²) in [7, 11) is 1.46. The highest BCUT2D eigenvalue weighted by atomic mass is 16.5. The van der Waals surface area contributed by atoms with Gasteiger partial charge in [0.1, 0.15) is 0 Å². The van der Waals surface area contributed by atoms with Crippen LogP contribution in [0.25, 0.3) is 11.4 Å². The Bertz CT molecular complexity index is 581. The van der Waals surface area contributed by atoms with Crippen LogP contribution in [0.2, 0.25) is 0 Å². The van der Waals surface area contributed by atoms with Gasteiger partial charge in [0, 0.05) is 24.6 Å². The minimum Gasteiger partial charge on any atom is -0.481 e. The quantitative estimate of drug-likeness (QED) is 0.821. The van der Waals surface area contributed by atoms with Gasteiger partial charge in [0.05, 0.1) is 19.1 Å². The molecule has 0 radical (unpaired) electrons. The van der Waals surface area contributed by atoms with Gasteiger partial charge in [-0.25, -0.2) is 4.68 Å². The summed E-state index contributed by atoms with van der Waals surface area (Å²) in [4.78, 5) is 14.9. The lowest BCUT2D eigenvalue weighted by atomic mass is 10.2. The maximum Gasteiger partial charge on any atom is 0.306 e. The lowest BCUT2D eigenvalue weighted by Gasteiger charge is -2.13. The van der Waals surface area contributed by atoms with Gasteiger partial charge in [0.2, 0.25) is 0 Å². The zero-order valence-electron chi connectivity index (χ0n) is 11.2. The molecular weight excluding hydrogens is 262 g/mol. The predicted octanol–water partition coefficient (Wildman–Crippen LogP) is 0.533. The SMILES string of the molecule is COC(CC(=O)O)Cn1nnnc1-c1ccc(C)nc1. The van der Waals surface area contributed by atoms with Crippen LogP contribution >= 0.6 is 0 Å². The molecule has 2 heterocycles. The first-order valence-electron chi connectivity index (χ1n) is 6.04. The van der Waals surface area contributed by atoms with Crippen molar-refractivity contribution in [1.29, 1.82) is 0 Å². The molecular formula is C12H15N5O3. The second-order valence-corrected chi connectivity index (χ2v) is 4.33. The molecule has 1 atom stereocenters. The Hall–Kier alpha value is -2.35. The number of rotatable bonds is 6. The van der Waals surface area contributed by atoms with Crippen LogP contribution in [0.4, 0.5) is 0 Å². The maximum atomic E-state index is 10.7. The van der Waals surface area contributed by atoms with Crippen molar-refractivity contribution < 1.29 is 14.6 Å². The summed E-state index contributed by atoms with van der Waals surface area (Å²) >= 11 is 0. The van der Waals surface area contributed by atoms with E-state index in [4.69, 9.17) is 9.84 Å². The standard InChI is InChI=1S/C12H15N5O3/c1-8-3-4-9(6-13-8)12-14-15-16-17(12)7-10(20-2)5-11(18)19/h3-4,6,10H,5,7H2,1-2H3,(H,18,19). The summed E-state index contributed by atoms with van der Waals surface area (Å²) in [5.74, 6) is -0.395. The zero-order valence-corrected chi connectivity index (χ0v) is 11.2. The van der Waals surface area contributed by atoms with Crippen molar-refractivity contribution in [2.45, 2.75) is 26.0 Å².